The monoisotopic (exact) mass is 250 g/mol. The summed E-state index contributed by atoms with van der Waals surface area (Å²) in [6, 6.07) is 0. The van der Waals surface area contributed by atoms with Crippen LogP contribution in [0.5, 0.6) is 0 Å². The number of aromatic nitrogens is 2. The zero-order valence-electron chi connectivity index (χ0n) is 10.7. The molecular weight excluding hydrogens is 232 g/mol. The first-order valence-electron chi connectivity index (χ1n) is 6.30. The normalized spacial score (nSPS) is 15.1. The van der Waals surface area contributed by atoms with Gasteiger partial charge in [-0.2, -0.15) is 0 Å². The SMILES string of the molecule is CC(C)Cc1ncn(CC2CC2)c(=O)c1C(=O)O. The Kier molecular flexibility index (Phi) is 3.50. The van der Waals surface area contributed by atoms with Gasteiger partial charge < -0.3 is 5.11 Å². The van der Waals surface area contributed by atoms with Crippen LogP contribution in [-0.2, 0) is 13.0 Å². The van der Waals surface area contributed by atoms with E-state index in [2.05, 4.69) is 4.98 Å². The third-order valence-corrected chi connectivity index (χ3v) is 3.08. The lowest BCUT2D eigenvalue weighted by molar-refractivity contribution is 0.0692. The Morgan fingerprint density at radius 1 is 1.56 bits per heavy atom. The Morgan fingerprint density at radius 2 is 2.22 bits per heavy atom. The van der Waals surface area contributed by atoms with Crippen LogP contribution in [0.25, 0.3) is 0 Å². The van der Waals surface area contributed by atoms with Crippen molar-refractivity contribution in [2.24, 2.45) is 11.8 Å². The summed E-state index contributed by atoms with van der Waals surface area (Å²) in [5, 5.41) is 9.18. The van der Waals surface area contributed by atoms with E-state index >= 15 is 0 Å². The van der Waals surface area contributed by atoms with Crippen molar-refractivity contribution in [3.05, 3.63) is 27.9 Å². The maximum atomic E-state index is 12.1. The molecule has 1 saturated carbocycles. The molecule has 1 aromatic heterocycles. The summed E-state index contributed by atoms with van der Waals surface area (Å²) in [7, 11) is 0. The lowest BCUT2D eigenvalue weighted by atomic mass is 10.0. The van der Waals surface area contributed by atoms with Gasteiger partial charge in [0.2, 0.25) is 0 Å². The quantitative estimate of drug-likeness (QED) is 0.860. The molecule has 1 aromatic rings. The van der Waals surface area contributed by atoms with E-state index in [1.807, 2.05) is 13.8 Å². The zero-order valence-corrected chi connectivity index (χ0v) is 10.7. The Balaban J connectivity index is 2.39. The minimum absolute atomic E-state index is 0.160. The fraction of sp³-hybridized carbons (Fsp3) is 0.615. The van der Waals surface area contributed by atoms with Gasteiger partial charge in [0, 0.05) is 6.54 Å². The van der Waals surface area contributed by atoms with Gasteiger partial charge in [-0.05, 0) is 31.1 Å². The second-order valence-corrected chi connectivity index (χ2v) is 5.37. The van der Waals surface area contributed by atoms with Gasteiger partial charge >= 0.3 is 5.97 Å². The van der Waals surface area contributed by atoms with E-state index in [1.54, 1.807) is 0 Å². The number of carbonyl (C=O) groups is 1. The molecule has 1 heterocycles. The van der Waals surface area contributed by atoms with Crippen LogP contribution in [0.1, 0.15) is 42.7 Å². The molecule has 1 aliphatic rings. The summed E-state index contributed by atoms with van der Waals surface area (Å²) >= 11 is 0. The van der Waals surface area contributed by atoms with Crippen LogP contribution in [0, 0.1) is 11.8 Å². The third kappa shape index (κ3) is 2.78. The second-order valence-electron chi connectivity index (χ2n) is 5.37. The molecule has 0 radical (unpaired) electrons. The van der Waals surface area contributed by atoms with E-state index < -0.39 is 11.5 Å². The molecule has 1 aliphatic carbocycles. The van der Waals surface area contributed by atoms with E-state index in [0.717, 1.165) is 12.8 Å². The standard InChI is InChI=1S/C13H18N2O3/c1-8(2)5-10-11(13(17)18)12(16)15(7-14-10)6-9-3-4-9/h7-9H,3-6H2,1-2H3,(H,17,18). The van der Waals surface area contributed by atoms with Gasteiger partial charge in [0.05, 0.1) is 12.0 Å². The molecule has 1 N–H and O–H groups in total. The van der Waals surface area contributed by atoms with Crippen molar-refractivity contribution >= 4 is 5.97 Å². The summed E-state index contributed by atoms with van der Waals surface area (Å²) < 4.78 is 1.44. The van der Waals surface area contributed by atoms with Crippen LogP contribution >= 0.6 is 0 Å². The third-order valence-electron chi connectivity index (χ3n) is 3.08. The Hall–Kier alpha value is -1.65. The van der Waals surface area contributed by atoms with Crippen LogP contribution in [0.2, 0.25) is 0 Å². The molecule has 18 heavy (non-hydrogen) atoms. The molecule has 98 valence electrons. The fourth-order valence-electron chi connectivity index (χ4n) is 1.99. The summed E-state index contributed by atoms with van der Waals surface area (Å²) in [6.07, 6.45) is 4.23. The number of carboxylic acids is 1. The van der Waals surface area contributed by atoms with E-state index in [1.165, 1.54) is 10.9 Å². The predicted octanol–water partition coefficient (Wildman–Crippen LogP) is 1.55. The Morgan fingerprint density at radius 3 is 2.72 bits per heavy atom. The van der Waals surface area contributed by atoms with Crippen LogP contribution in [0.15, 0.2) is 11.1 Å². The summed E-state index contributed by atoms with van der Waals surface area (Å²) in [4.78, 5) is 27.5. The van der Waals surface area contributed by atoms with Gasteiger partial charge in [-0.1, -0.05) is 13.8 Å². The maximum absolute atomic E-state index is 12.1. The molecule has 1 fully saturated rings. The van der Waals surface area contributed by atoms with Crippen molar-refractivity contribution in [2.45, 2.75) is 39.7 Å². The van der Waals surface area contributed by atoms with Gasteiger partial charge in [-0.15, -0.1) is 0 Å². The van der Waals surface area contributed by atoms with Crippen molar-refractivity contribution in [1.29, 1.82) is 0 Å². The molecule has 2 rings (SSSR count). The maximum Gasteiger partial charge on any atom is 0.343 e. The average molecular weight is 250 g/mol. The van der Waals surface area contributed by atoms with Gasteiger partial charge in [-0.3, -0.25) is 9.36 Å². The van der Waals surface area contributed by atoms with E-state index in [-0.39, 0.29) is 11.5 Å². The summed E-state index contributed by atoms with van der Waals surface area (Å²) in [5.74, 6) is -0.385. The molecular formula is C13H18N2O3. The lowest BCUT2D eigenvalue weighted by Crippen LogP contribution is -2.30. The largest absolute Gasteiger partial charge is 0.477 e. The smallest absolute Gasteiger partial charge is 0.343 e. The molecule has 0 saturated heterocycles. The van der Waals surface area contributed by atoms with E-state index in [9.17, 15) is 14.7 Å². The number of hydrogen-bond donors (Lipinski definition) is 1. The number of nitrogens with zero attached hydrogens (tertiary/aromatic N) is 2. The predicted molar refractivity (Wildman–Crippen MR) is 66.7 cm³/mol. The van der Waals surface area contributed by atoms with Gasteiger partial charge in [-0.25, -0.2) is 9.78 Å². The minimum Gasteiger partial charge on any atom is -0.477 e. The number of carboxylic acid groups (broad SMARTS) is 1. The molecule has 0 aromatic carbocycles. The molecule has 0 spiro atoms. The lowest BCUT2D eigenvalue weighted by Gasteiger charge is -2.10. The molecule has 5 nitrogen and oxygen atoms in total. The Labute approximate surface area is 105 Å². The summed E-state index contributed by atoms with van der Waals surface area (Å²) in [5.41, 5.74) is -0.179. The van der Waals surface area contributed by atoms with Crippen LogP contribution in [0.4, 0.5) is 0 Å². The highest BCUT2D eigenvalue weighted by molar-refractivity contribution is 5.88. The summed E-state index contributed by atoms with van der Waals surface area (Å²) in [6.45, 7) is 4.54. The van der Waals surface area contributed by atoms with Crippen molar-refractivity contribution in [3.8, 4) is 0 Å². The van der Waals surface area contributed by atoms with Crippen LogP contribution in [0.3, 0.4) is 0 Å². The average Bonchev–Trinajstić information content (AvgIpc) is 3.04. The molecule has 0 bridgehead atoms. The zero-order chi connectivity index (χ0) is 13.3. The molecule has 0 unspecified atom stereocenters. The van der Waals surface area contributed by atoms with Crippen LogP contribution in [-0.4, -0.2) is 20.6 Å². The molecule has 5 heteroatoms. The minimum atomic E-state index is -1.17. The fourth-order valence-corrected chi connectivity index (χ4v) is 1.99. The molecule has 0 aliphatic heterocycles. The highest BCUT2D eigenvalue weighted by Gasteiger charge is 2.25. The van der Waals surface area contributed by atoms with Gasteiger partial charge in [0.25, 0.3) is 5.56 Å². The van der Waals surface area contributed by atoms with Crippen molar-refractivity contribution in [1.82, 2.24) is 9.55 Å². The first-order valence-corrected chi connectivity index (χ1v) is 6.30. The second kappa shape index (κ2) is 4.92. The van der Waals surface area contributed by atoms with Crippen molar-refractivity contribution in [2.75, 3.05) is 0 Å². The Bertz CT molecular complexity index is 515. The number of aromatic carboxylic acids is 1. The highest BCUT2D eigenvalue weighted by atomic mass is 16.4. The first kappa shape index (κ1) is 12.8. The van der Waals surface area contributed by atoms with E-state index in [0.29, 0.717) is 24.6 Å². The molecule has 0 amide bonds. The van der Waals surface area contributed by atoms with Crippen molar-refractivity contribution in [3.63, 3.8) is 0 Å². The first-order chi connectivity index (χ1) is 8.49. The van der Waals surface area contributed by atoms with E-state index in [4.69, 9.17) is 0 Å². The van der Waals surface area contributed by atoms with Gasteiger partial charge in [0.1, 0.15) is 5.56 Å². The topological polar surface area (TPSA) is 72.2 Å². The number of rotatable bonds is 5. The number of hydrogen-bond acceptors (Lipinski definition) is 3. The highest BCUT2D eigenvalue weighted by Crippen LogP contribution is 2.30. The molecule has 0 atom stereocenters. The van der Waals surface area contributed by atoms with Crippen molar-refractivity contribution < 1.29 is 9.90 Å². The van der Waals surface area contributed by atoms with Crippen LogP contribution < -0.4 is 5.56 Å². The van der Waals surface area contributed by atoms with Gasteiger partial charge in [0.15, 0.2) is 0 Å².